The lowest BCUT2D eigenvalue weighted by Gasteiger charge is -2.41. The number of carbonyl (C=O) groups is 3. The third-order valence-corrected chi connectivity index (χ3v) is 10.1. The van der Waals surface area contributed by atoms with Crippen LogP contribution in [0.15, 0.2) is 60.8 Å². The molecule has 0 radical (unpaired) electrons. The number of pyridine rings is 1. The van der Waals surface area contributed by atoms with Gasteiger partial charge in [-0.2, -0.15) is 5.26 Å². The van der Waals surface area contributed by atoms with Crippen molar-refractivity contribution in [3.63, 3.8) is 0 Å². The van der Waals surface area contributed by atoms with Crippen molar-refractivity contribution in [2.45, 2.75) is 101 Å². The van der Waals surface area contributed by atoms with Crippen LogP contribution >= 0.6 is 11.6 Å². The van der Waals surface area contributed by atoms with E-state index < -0.39 is 66.2 Å². The van der Waals surface area contributed by atoms with Gasteiger partial charge in [-0.05, 0) is 68.7 Å². The van der Waals surface area contributed by atoms with E-state index in [1.165, 1.54) is 36.5 Å². The van der Waals surface area contributed by atoms with Crippen molar-refractivity contribution in [1.29, 1.82) is 5.26 Å². The predicted molar refractivity (Wildman–Crippen MR) is 186 cm³/mol. The molecule has 14 heteroatoms. The predicted octanol–water partition coefficient (Wildman–Crippen LogP) is 7.73. The fourth-order valence-corrected chi connectivity index (χ4v) is 7.36. The molecular weight excluding hydrogens is 699 g/mol. The highest BCUT2D eigenvalue weighted by atomic mass is 35.5. The molecule has 0 spiro atoms. The van der Waals surface area contributed by atoms with Crippen LogP contribution in [0.3, 0.4) is 0 Å². The Morgan fingerprint density at radius 1 is 1.12 bits per heavy atom. The third-order valence-electron chi connectivity index (χ3n) is 9.78. The lowest BCUT2D eigenvalue weighted by Crippen LogP contribution is -2.58. The standard InChI is InChI=1S/C38H39ClF3N5O5/c1-37(2,52-28-8-4-3-5-9-28)24-17-25(40)19-27(18-24)46(33(29-10-6-7-11-30(29)39)34(48)45-26-20-38(41,42)21-26)35(49)31-13-15-51-36(50)47(31)32-16-23(22-43)12-14-44-32/h6-7,10-12,14,16-19,26,28,31,33H,3-5,8-9,13,15,20-21H2,1-2H3,(H,45,48)/t31-,33-/m0/s1. The number of hydrogen-bond acceptors (Lipinski definition) is 7. The van der Waals surface area contributed by atoms with E-state index in [9.17, 15) is 23.6 Å². The molecular formula is C38H39ClF3N5O5. The zero-order valence-corrected chi connectivity index (χ0v) is 29.5. The Morgan fingerprint density at radius 2 is 1.85 bits per heavy atom. The number of aromatic nitrogens is 1. The van der Waals surface area contributed by atoms with Crippen molar-refractivity contribution in [1.82, 2.24) is 10.3 Å². The number of cyclic esters (lactones) is 1. The molecule has 1 N–H and O–H groups in total. The minimum Gasteiger partial charge on any atom is -0.449 e. The van der Waals surface area contributed by atoms with Gasteiger partial charge in [0.25, 0.3) is 11.8 Å². The number of ether oxygens (including phenoxy) is 2. The van der Waals surface area contributed by atoms with Gasteiger partial charge in [-0.3, -0.25) is 14.5 Å². The minimum atomic E-state index is -2.96. The van der Waals surface area contributed by atoms with Gasteiger partial charge in [-0.15, -0.1) is 0 Å². The van der Waals surface area contributed by atoms with Gasteiger partial charge < -0.3 is 14.8 Å². The number of nitriles is 1. The molecule has 52 heavy (non-hydrogen) atoms. The van der Waals surface area contributed by atoms with Crippen LogP contribution in [0.5, 0.6) is 0 Å². The Morgan fingerprint density at radius 3 is 2.54 bits per heavy atom. The number of alkyl halides is 2. The fraction of sp³-hybridized carbons (Fsp3) is 0.447. The molecule has 0 unspecified atom stereocenters. The van der Waals surface area contributed by atoms with E-state index in [1.54, 1.807) is 32.0 Å². The summed E-state index contributed by atoms with van der Waals surface area (Å²) in [5, 5.41) is 12.3. The zero-order valence-electron chi connectivity index (χ0n) is 28.8. The number of nitrogens with one attached hydrogen (secondary N) is 1. The molecule has 274 valence electrons. The second kappa shape index (κ2) is 15.1. The smallest absolute Gasteiger partial charge is 0.416 e. The monoisotopic (exact) mass is 737 g/mol. The second-order valence-corrected chi connectivity index (χ2v) is 14.4. The number of amides is 3. The quantitative estimate of drug-likeness (QED) is 0.226. The van der Waals surface area contributed by atoms with Gasteiger partial charge in [0.15, 0.2) is 0 Å². The highest BCUT2D eigenvalue weighted by Gasteiger charge is 2.49. The Bertz CT molecular complexity index is 1870. The van der Waals surface area contributed by atoms with Crippen molar-refractivity contribution in [3.8, 4) is 6.07 Å². The van der Waals surface area contributed by atoms with Crippen molar-refractivity contribution in [2.75, 3.05) is 16.4 Å². The molecule has 2 atom stereocenters. The summed E-state index contributed by atoms with van der Waals surface area (Å²) < 4.78 is 55.5. The number of anilines is 2. The first-order chi connectivity index (χ1) is 24.8. The largest absolute Gasteiger partial charge is 0.449 e. The van der Waals surface area contributed by atoms with E-state index in [0.29, 0.717) is 5.56 Å². The maximum atomic E-state index is 15.9. The normalized spacial score (nSPS) is 19.9. The van der Waals surface area contributed by atoms with Gasteiger partial charge >= 0.3 is 6.09 Å². The molecule has 1 saturated heterocycles. The van der Waals surface area contributed by atoms with Crippen LogP contribution in [0, 0.1) is 17.1 Å². The minimum absolute atomic E-state index is 0.0561. The van der Waals surface area contributed by atoms with Gasteiger partial charge in [0.05, 0.1) is 29.9 Å². The number of hydrogen-bond donors (Lipinski definition) is 1. The molecule has 1 aromatic heterocycles. The lowest BCUT2D eigenvalue weighted by molar-refractivity contribution is -0.133. The van der Waals surface area contributed by atoms with E-state index in [0.717, 1.165) is 48.0 Å². The molecule has 3 fully saturated rings. The van der Waals surface area contributed by atoms with Crippen LogP contribution in [0.25, 0.3) is 0 Å². The zero-order chi connectivity index (χ0) is 37.2. The molecule has 6 rings (SSSR count). The summed E-state index contributed by atoms with van der Waals surface area (Å²) in [6, 6.07) is 11.1. The van der Waals surface area contributed by atoms with Crippen LogP contribution in [-0.4, -0.2) is 53.6 Å². The average Bonchev–Trinajstić information content (AvgIpc) is 3.09. The Balaban J connectivity index is 1.49. The molecule has 3 aromatic rings. The number of nitrogens with zero attached hydrogens (tertiary/aromatic N) is 4. The molecule has 2 heterocycles. The summed E-state index contributed by atoms with van der Waals surface area (Å²) in [4.78, 5) is 49.1. The molecule has 2 saturated carbocycles. The molecule has 2 aliphatic carbocycles. The van der Waals surface area contributed by atoms with Crippen molar-refractivity contribution in [2.24, 2.45) is 0 Å². The number of halogens is 4. The van der Waals surface area contributed by atoms with Crippen LogP contribution in [0.1, 0.15) is 87.9 Å². The van der Waals surface area contributed by atoms with E-state index in [-0.39, 0.29) is 46.8 Å². The summed E-state index contributed by atoms with van der Waals surface area (Å²) in [6.45, 7) is 3.43. The Hall–Kier alpha value is -4.67. The second-order valence-electron chi connectivity index (χ2n) is 14.0. The van der Waals surface area contributed by atoms with Gasteiger partial charge in [0.1, 0.15) is 23.7 Å². The summed E-state index contributed by atoms with van der Waals surface area (Å²) in [5.41, 5.74) is -0.412. The molecule has 3 aliphatic rings. The molecule has 10 nitrogen and oxygen atoms in total. The summed E-state index contributed by atoms with van der Waals surface area (Å²) in [6.07, 6.45) is 3.87. The van der Waals surface area contributed by atoms with Gasteiger partial charge in [-0.1, -0.05) is 49.1 Å². The number of carbonyl (C=O) groups excluding carboxylic acids is 3. The lowest BCUT2D eigenvalue weighted by atomic mass is 9.87. The SMILES string of the molecule is CC(C)(OC1CCCCC1)c1cc(F)cc(N(C(=O)[C@@H]2CCOC(=O)N2c2cc(C#N)ccn2)[C@H](C(=O)NC2CC(F)(F)C2)c2ccccc2Cl)c1. The fourth-order valence-electron chi connectivity index (χ4n) is 7.12. The maximum absolute atomic E-state index is 15.9. The molecule has 1 aliphatic heterocycles. The van der Waals surface area contributed by atoms with Crippen molar-refractivity contribution in [3.05, 3.63) is 88.3 Å². The van der Waals surface area contributed by atoms with Crippen molar-refractivity contribution >= 4 is 41.0 Å². The first-order valence-corrected chi connectivity index (χ1v) is 17.7. The maximum Gasteiger partial charge on any atom is 0.416 e. The Labute approximate surface area is 304 Å². The van der Waals surface area contributed by atoms with Crippen LogP contribution in [-0.2, 0) is 24.7 Å². The number of benzene rings is 2. The van der Waals surface area contributed by atoms with Crippen LogP contribution < -0.4 is 15.1 Å². The Kier molecular flexibility index (Phi) is 10.8. The van der Waals surface area contributed by atoms with E-state index in [1.807, 2.05) is 6.07 Å². The van der Waals surface area contributed by atoms with Crippen LogP contribution in [0.4, 0.5) is 29.5 Å². The average molecular weight is 738 g/mol. The first-order valence-electron chi connectivity index (χ1n) is 17.3. The highest BCUT2D eigenvalue weighted by Crippen LogP contribution is 2.41. The number of rotatable bonds is 10. The van der Waals surface area contributed by atoms with E-state index >= 15 is 9.18 Å². The summed E-state index contributed by atoms with van der Waals surface area (Å²) in [5.74, 6) is -5.41. The molecule has 3 amide bonds. The van der Waals surface area contributed by atoms with Crippen molar-refractivity contribution < 1.29 is 37.0 Å². The highest BCUT2D eigenvalue weighted by molar-refractivity contribution is 6.31. The van der Waals surface area contributed by atoms with Crippen LogP contribution in [0.2, 0.25) is 5.02 Å². The first kappa shape index (κ1) is 37.1. The van der Waals surface area contributed by atoms with Gasteiger partial charge in [0, 0.05) is 47.8 Å². The summed E-state index contributed by atoms with van der Waals surface area (Å²) >= 11 is 6.68. The summed E-state index contributed by atoms with van der Waals surface area (Å²) in [7, 11) is 0. The molecule has 2 aromatic carbocycles. The van der Waals surface area contributed by atoms with Gasteiger partial charge in [-0.25, -0.2) is 27.8 Å². The third kappa shape index (κ3) is 8.03. The van der Waals surface area contributed by atoms with Gasteiger partial charge in [0.2, 0.25) is 5.91 Å². The van der Waals surface area contributed by atoms with E-state index in [4.69, 9.17) is 21.1 Å². The molecule has 0 bridgehead atoms. The topological polar surface area (TPSA) is 125 Å². The van der Waals surface area contributed by atoms with E-state index in [2.05, 4.69) is 10.3 Å².